The van der Waals surface area contributed by atoms with E-state index in [0.29, 0.717) is 19.3 Å². The second-order valence-corrected chi connectivity index (χ2v) is 19.9. The monoisotopic (exact) mass is 989 g/mol. The highest BCUT2D eigenvalue weighted by Gasteiger charge is 2.19. The highest BCUT2D eigenvalue weighted by Crippen LogP contribution is 2.16. The van der Waals surface area contributed by atoms with Gasteiger partial charge in [-0.3, -0.25) is 14.4 Å². The number of allylic oxidation sites excluding steroid dienone is 14. The van der Waals surface area contributed by atoms with Gasteiger partial charge in [0.2, 0.25) is 0 Å². The zero-order valence-corrected chi connectivity index (χ0v) is 46.7. The summed E-state index contributed by atoms with van der Waals surface area (Å²) in [6.45, 7) is 6.46. The second-order valence-electron chi connectivity index (χ2n) is 19.9. The molecule has 0 radical (unpaired) electrons. The fourth-order valence-electron chi connectivity index (χ4n) is 8.42. The van der Waals surface area contributed by atoms with Crippen LogP contribution in [0, 0.1) is 0 Å². The fourth-order valence-corrected chi connectivity index (χ4v) is 8.42. The van der Waals surface area contributed by atoms with E-state index in [9.17, 15) is 14.4 Å². The van der Waals surface area contributed by atoms with Crippen molar-refractivity contribution in [2.45, 2.75) is 297 Å². The van der Waals surface area contributed by atoms with E-state index in [1.165, 1.54) is 141 Å². The van der Waals surface area contributed by atoms with Crippen LogP contribution >= 0.6 is 0 Å². The summed E-state index contributed by atoms with van der Waals surface area (Å²) in [7, 11) is 0. The number of ether oxygens (including phenoxy) is 3. The van der Waals surface area contributed by atoms with Crippen LogP contribution in [0.1, 0.15) is 290 Å². The molecule has 0 heterocycles. The number of rotatable bonds is 54. The van der Waals surface area contributed by atoms with Crippen molar-refractivity contribution in [3.63, 3.8) is 0 Å². The molecular weight excluding hydrogens is 877 g/mol. The van der Waals surface area contributed by atoms with Crippen molar-refractivity contribution in [2.24, 2.45) is 0 Å². The Morgan fingerprint density at radius 1 is 0.296 bits per heavy atom. The van der Waals surface area contributed by atoms with Gasteiger partial charge in [0.15, 0.2) is 6.10 Å². The van der Waals surface area contributed by atoms with Gasteiger partial charge in [-0.05, 0) is 77.0 Å². The Balaban J connectivity index is 4.00. The normalized spacial score (nSPS) is 12.7. The number of hydrogen-bond donors (Lipinski definition) is 0. The minimum Gasteiger partial charge on any atom is -0.462 e. The van der Waals surface area contributed by atoms with Gasteiger partial charge >= 0.3 is 17.9 Å². The summed E-state index contributed by atoms with van der Waals surface area (Å²) >= 11 is 0. The van der Waals surface area contributed by atoms with Crippen molar-refractivity contribution < 1.29 is 28.6 Å². The summed E-state index contributed by atoms with van der Waals surface area (Å²) in [6, 6.07) is 0. The molecule has 0 aromatic heterocycles. The van der Waals surface area contributed by atoms with E-state index in [4.69, 9.17) is 14.2 Å². The lowest BCUT2D eigenvalue weighted by molar-refractivity contribution is -0.167. The maximum absolute atomic E-state index is 12.8. The van der Waals surface area contributed by atoms with Crippen LogP contribution in [0.5, 0.6) is 0 Å². The van der Waals surface area contributed by atoms with Gasteiger partial charge in [-0.2, -0.15) is 0 Å². The van der Waals surface area contributed by atoms with Gasteiger partial charge in [-0.15, -0.1) is 0 Å². The average Bonchev–Trinajstić information content (AvgIpc) is 3.37. The van der Waals surface area contributed by atoms with Crippen molar-refractivity contribution in [1.29, 1.82) is 0 Å². The fraction of sp³-hybridized carbons (Fsp3) is 0.738. The molecule has 0 rings (SSSR count). The van der Waals surface area contributed by atoms with Crippen LogP contribution in [-0.4, -0.2) is 37.2 Å². The largest absolute Gasteiger partial charge is 0.462 e. The third kappa shape index (κ3) is 57.4. The molecule has 0 aliphatic heterocycles. The van der Waals surface area contributed by atoms with Gasteiger partial charge in [-0.25, -0.2) is 0 Å². The molecule has 0 aliphatic carbocycles. The molecule has 0 spiro atoms. The molecule has 0 N–H and O–H groups in total. The van der Waals surface area contributed by atoms with E-state index in [1.807, 2.05) is 0 Å². The van der Waals surface area contributed by atoms with Crippen LogP contribution in [-0.2, 0) is 28.6 Å². The van der Waals surface area contributed by atoms with E-state index in [-0.39, 0.29) is 31.1 Å². The van der Waals surface area contributed by atoms with E-state index < -0.39 is 6.10 Å². The molecule has 0 amide bonds. The van der Waals surface area contributed by atoms with E-state index in [2.05, 4.69) is 106 Å². The van der Waals surface area contributed by atoms with Crippen LogP contribution in [0.2, 0.25) is 0 Å². The maximum atomic E-state index is 12.8. The van der Waals surface area contributed by atoms with Crippen molar-refractivity contribution in [3.05, 3.63) is 85.1 Å². The topological polar surface area (TPSA) is 78.9 Å². The maximum Gasteiger partial charge on any atom is 0.306 e. The third-order valence-electron chi connectivity index (χ3n) is 12.9. The molecule has 0 bridgehead atoms. The van der Waals surface area contributed by atoms with Gasteiger partial charge < -0.3 is 14.2 Å². The molecule has 0 saturated heterocycles. The van der Waals surface area contributed by atoms with Crippen molar-refractivity contribution in [1.82, 2.24) is 0 Å². The lowest BCUT2D eigenvalue weighted by atomic mass is 10.0. The van der Waals surface area contributed by atoms with Gasteiger partial charge in [0.25, 0.3) is 0 Å². The molecule has 1 unspecified atom stereocenters. The first-order valence-electron chi connectivity index (χ1n) is 30.1. The lowest BCUT2D eigenvalue weighted by Gasteiger charge is -2.18. The van der Waals surface area contributed by atoms with Crippen molar-refractivity contribution >= 4 is 17.9 Å². The summed E-state index contributed by atoms with van der Waals surface area (Å²) in [5.41, 5.74) is 0. The number of carbonyl (C=O) groups is 3. The molecule has 408 valence electrons. The van der Waals surface area contributed by atoms with E-state index in [0.717, 1.165) is 109 Å². The highest BCUT2D eigenvalue weighted by molar-refractivity contribution is 5.71. The van der Waals surface area contributed by atoms with Crippen LogP contribution in [0.25, 0.3) is 0 Å². The van der Waals surface area contributed by atoms with Crippen molar-refractivity contribution in [2.75, 3.05) is 13.2 Å². The first-order valence-corrected chi connectivity index (χ1v) is 30.1. The van der Waals surface area contributed by atoms with Gasteiger partial charge in [0.05, 0.1) is 0 Å². The molecule has 0 aliphatic rings. The number of carbonyl (C=O) groups excluding carboxylic acids is 3. The molecule has 0 saturated carbocycles. The molecule has 0 aromatic rings. The van der Waals surface area contributed by atoms with Crippen LogP contribution in [0.4, 0.5) is 0 Å². The quantitative estimate of drug-likeness (QED) is 0.0261. The Morgan fingerprint density at radius 3 is 0.859 bits per heavy atom. The summed E-state index contributed by atoms with van der Waals surface area (Å²) in [5, 5.41) is 0. The molecule has 0 aromatic carbocycles. The smallest absolute Gasteiger partial charge is 0.306 e. The second kappa shape index (κ2) is 59.2. The van der Waals surface area contributed by atoms with Crippen LogP contribution in [0.3, 0.4) is 0 Å². The average molecular weight is 990 g/mol. The first kappa shape index (κ1) is 67.6. The Hall–Kier alpha value is -3.41. The molecule has 1 atom stereocenters. The highest BCUT2D eigenvalue weighted by atomic mass is 16.6. The van der Waals surface area contributed by atoms with Crippen molar-refractivity contribution in [3.8, 4) is 0 Å². The zero-order valence-electron chi connectivity index (χ0n) is 46.7. The van der Waals surface area contributed by atoms with Gasteiger partial charge in [0.1, 0.15) is 13.2 Å². The predicted molar refractivity (Wildman–Crippen MR) is 307 cm³/mol. The lowest BCUT2D eigenvalue weighted by Crippen LogP contribution is -2.30. The summed E-state index contributed by atoms with van der Waals surface area (Å²) in [5.74, 6) is -0.882. The Labute approximate surface area is 439 Å². The number of esters is 3. The Bertz CT molecular complexity index is 1370. The molecule has 6 heteroatoms. The summed E-state index contributed by atoms with van der Waals surface area (Å²) in [6.07, 6.45) is 77.7. The first-order chi connectivity index (χ1) is 35.0. The van der Waals surface area contributed by atoms with Gasteiger partial charge in [0, 0.05) is 19.3 Å². The summed E-state index contributed by atoms with van der Waals surface area (Å²) < 4.78 is 16.7. The van der Waals surface area contributed by atoms with Crippen LogP contribution < -0.4 is 0 Å². The number of hydrogen-bond acceptors (Lipinski definition) is 6. The minimum atomic E-state index is -0.770. The Morgan fingerprint density at radius 2 is 0.549 bits per heavy atom. The van der Waals surface area contributed by atoms with Gasteiger partial charge in [-0.1, -0.05) is 279 Å². The van der Waals surface area contributed by atoms with Crippen LogP contribution in [0.15, 0.2) is 85.1 Å². The van der Waals surface area contributed by atoms with E-state index >= 15 is 0 Å². The predicted octanol–water partition coefficient (Wildman–Crippen LogP) is 20.3. The number of unbranched alkanes of at least 4 members (excludes halogenated alkanes) is 29. The SMILES string of the molecule is CC/C=C\C/C=C\C/C=C\C/C=C\C/C=C\C/C=C\C/C=C\CCCCCCCCCCCCCC(=O)OCC(COC(=O)CCCCCCC)OC(=O)CCCCCCCCCCCCCCCCC. The third-order valence-corrected chi connectivity index (χ3v) is 12.9. The van der Waals surface area contributed by atoms with E-state index in [1.54, 1.807) is 0 Å². The standard InChI is InChI=1S/C65H112O6/c1-4-7-10-13-15-17-19-21-23-24-25-26-27-28-29-30-31-32-33-34-35-36-37-38-39-40-42-43-45-47-49-52-55-58-64(67)70-61-62(60-69-63(66)57-54-51-12-9-6-3)71-65(68)59-56-53-50-48-46-44-41-22-20-18-16-14-11-8-5-2/h7,10,15,17,21,23,25-26,28-29,31-32,34-35,62H,4-6,8-9,11-14,16,18-20,22,24,27,30,33,36-61H2,1-3H3/b10-7-,17-15-,23-21-,26-25-,29-28-,32-31-,35-34-. The molecule has 71 heavy (non-hydrogen) atoms. The summed E-state index contributed by atoms with van der Waals surface area (Å²) in [4.78, 5) is 37.8. The zero-order chi connectivity index (χ0) is 51.4. The minimum absolute atomic E-state index is 0.0741. The Kier molecular flexibility index (Phi) is 56.3. The molecule has 0 fully saturated rings. The molecule has 6 nitrogen and oxygen atoms in total. The molecular formula is C65H112O6.